The first-order valence-corrected chi connectivity index (χ1v) is 11.9. The minimum absolute atomic E-state index is 0.118. The molecule has 8 heteroatoms. The van der Waals surface area contributed by atoms with E-state index in [2.05, 4.69) is 5.32 Å². The molecule has 0 bridgehead atoms. The van der Waals surface area contributed by atoms with Gasteiger partial charge in [-0.1, -0.05) is 42.1 Å². The number of carbonyl (C=O) groups is 1. The van der Waals surface area contributed by atoms with Gasteiger partial charge in [-0.15, -0.1) is 11.3 Å². The third-order valence-corrected chi connectivity index (χ3v) is 7.21. The van der Waals surface area contributed by atoms with Crippen LogP contribution in [0.3, 0.4) is 0 Å². The Labute approximate surface area is 194 Å². The van der Waals surface area contributed by atoms with Gasteiger partial charge >= 0.3 is 0 Å². The molecule has 0 saturated carbocycles. The molecule has 0 aliphatic rings. The number of hydrogen-bond acceptors (Lipinski definition) is 6. The first kappa shape index (κ1) is 22.1. The Bertz CT molecular complexity index is 1310. The van der Waals surface area contributed by atoms with Crippen LogP contribution in [0.5, 0.6) is 5.75 Å². The fourth-order valence-electron chi connectivity index (χ4n) is 3.31. The molecule has 0 unspecified atom stereocenters. The second kappa shape index (κ2) is 9.58. The van der Waals surface area contributed by atoms with Crippen LogP contribution in [0.25, 0.3) is 15.9 Å². The summed E-state index contributed by atoms with van der Waals surface area (Å²) in [7, 11) is 1.60. The zero-order valence-electron chi connectivity index (χ0n) is 18.0. The van der Waals surface area contributed by atoms with Crippen LogP contribution in [0.15, 0.2) is 64.5 Å². The molecule has 0 aliphatic heterocycles. The largest absolute Gasteiger partial charge is 0.497 e. The van der Waals surface area contributed by atoms with Crippen molar-refractivity contribution in [3.05, 3.63) is 81.0 Å². The summed E-state index contributed by atoms with van der Waals surface area (Å²) in [5, 5.41) is 4.04. The Balaban J connectivity index is 1.64. The number of aromatic nitrogens is 2. The average molecular weight is 466 g/mol. The molecule has 1 N–H and O–H groups in total. The van der Waals surface area contributed by atoms with Gasteiger partial charge in [-0.3, -0.25) is 14.2 Å². The zero-order chi connectivity index (χ0) is 22.7. The minimum Gasteiger partial charge on any atom is -0.497 e. The predicted octanol–water partition coefficient (Wildman–Crippen LogP) is 4.48. The van der Waals surface area contributed by atoms with Crippen LogP contribution < -0.4 is 15.6 Å². The van der Waals surface area contributed by atoms with Gasteiger partial charge in [-0.25, -0.2) is 4.98 Å². The van der Waals surface area contributed by atoms with E-state index in [9.17, 15) is 9.59 Å². The second-order valence-corrected chi connectivity index (χ2v) is 9.39. The number of thiophene rings is 1. The quantitative estimate of drug-likeness (QED) is 0.322. The highest BCUT2D eigenvalue weighted by Gasteiger charge is 2.19. The summed E-state index contributed by atoms with van der Waals surface area (Å²) in [4.78, 5) is 32.5. The van der Waals surface area contributed by atoms with Gasteiger partial charge in [-0.05, 0) is 49.2 Å². The number of carbonyl (C=O) groups excluding carboxylic acids is 1. The Morgan fingerprint density at radius 3 is 2.53 bits per heavy atom. The number of methoxy groups -OCH3 is 1. The highest BCUT2D eigenvalue weighted by molar-refractivity contribution is 7.99. The lowest BCUT2D eigenvalue weighted by Gasteiger charge is -2.13. The molecule has 1 amide bonds. The van der Waals surface area contributed by atoms with Crippen LogP contribution in [-0.4, -0.2) is 28.3 Å². The summed E-state index contributed by atoms with van der Waals surface area (Å²) in [6.45, 7) is 4.39. The van der Waals surface area contributed by atoms with Crippen LogP contribution in [-0.2, 0) is 11.3 Å². The first-order valence-electron chi connectivity index (χ1n) is 10.1. The van der Waals surface area contributed by atoms with Gasteiger partial charge in [-0.2, -0.15) is 0 Å². The van der Waals surface area contributed by atoms with Crippen molar-refractivity contribution >= 4 is 39.2 Å². The SMILES string of the molecule is COc1ccc(-n2c(SCC(=O)NCc3ccccc3)nc3sc(C)c(C)c3c2=O)cc1. The number of nitrogens with zero attached hydrogens (tertiary/aromatic N) is 2. The van der Waals surface area contributed by atoms with Crippen molar-refractivity contribution in [2.24, 2.45) is 0 Å². The molecule has 0 fully saturated rings. The Kier molecular flexibility index (Phi) is 6.62. The molecule has 0 saturated heterocycles. The molecule has 0 atom stereocenters. The van der Waals surface area contributed by atoms with E-state index in [1.54, 1.807) is 23.8 Å². The lowest BCUT2D eigenvalue weighted by molar-refractivity contribution is -0.118. The number of aryl methyl sites for hydroxylation is 2. The molecule has 164 valence electrons. The monoisotopic (exact) mass is 465 g/mol. The van der Waals surface area contributed by atoms with Gasteiger partial charge in [0.25, 0.3) is 5.56 Å². The van der Waals surface area contributed by atoms with E-state index in [-0.39, 0.29) is 17.2 Å². The van der Waals surface area contributed by atoms with Gasteiger partial charge in [0.05, 0.1) is 23.9 Å². The highest BCUT2D eigenvalue weighted by atomic mass is 32.2. The molecule has 32 heavy (non-hydrogen) atoms. The molecule has 2 heterocycles. The van der Waals surface area contributed by atoms with E-state index in [0.29, 0.717) is 33.4 Å². The second-order valence-electron chi connectivity index (χ2n) is 7.25. The normalized spacial score (nSPS) is 11.0. The van der Waals surface area contributed by atoms with Gasteiger partial charge in [0.15, 0.2) is 5.16 Å². The topological polar surface area (TPSA) is 73.2 Å². The average Bonchev–Trinajstić information content (AvgIpc) is 3.10. The Morgan fingerprint density at radius 2 is 1.84 bits per heavy atom. The molecule has 2 aromatic heterocycles. The van der Waals surface area contributed by atoms with E-state index in [1.165, 1.54) is 23.1 Å². The van der Waals surface area contributed by atoms with Crippen molar-refractivity contribution in [1.29, 1.82) is 0 Å². The minimum atomic E-state index is -0.130. The lowest BCUT2D eigenvalue weighted by atomic mass is 10.2. The number of nitrogens with one attached hydrogen (secondary N) is 1. The Hall–Kier alpha value is -3.10. The van der Waals surface area contributed by atoms with Crippen LogP contribution in [0.4, 0.5) is 0 Å². The fraction of sp³-hybridized carbons (Fsp3) is 0.208. The maximum absolute atomic E-state index is 13.5. The maximum Gasteiger partial charge on any atom is 0.267 e. The lowest BCUT2D eigenvalue weighted by Crippen LogP contribution is -2.26. The summed E-state index contributed by atoms with van der Waals surface area (Å²) >= 11 is 2.75. The van der Waals surface area contributed by atoms with Gasteiger partial charge < -0.3 is 10.1 Å². The molecule has 4 rings (SSSR count). The van der Waals surface area contributed by atoms with Crippen molar-refractivity contribution in [3.8, 4) is 11.4 Å². The molecule has 6 nitrogen and oxygen atoms in total. The van der Waals surface area contributed by atoms with Crippen LogP contribution >= 0.6 is 23.1 Å². The summed E-state index contributed by atoms with van der Waals surface area (Å²) in [5.74, 6) is 0.741. The molecular formula is C24H23N3O3S2. The maximum atomic E-state index is 13.5. The van der Waals surface area contributed by atoms with E-state index in [0.717, 1.165) is 16.0 Å². The van der Waals surface area contributed by atoms with Crippen LogP contribution in [0.2, 0.25) is 0 Å². The standard InChI is InChI=1S/C24H23N3O3S2/c1-15-16(2)32-22-21(15)23(29)27(18-9-11-19(30-3)12-10-18)24(26-22)31-14-20(28)25-13-17-7-5-4-6-8-17/h4-12H,13-14H2,1-3H3,(H,25,28). The van der Waals surface area contributed by atoms with Crippen molar-refractivity contribution < 1.29 is 9.53 Å². The fourth-order valence-corrected chi connectivity index (χ4v) is 5.22. The molecule has 4 aromatic rings. The highest BCUT2D eigenvalue weighted by Crippen LogP contribution is 2.29. The van der Waals surface area contributed by atoms with Crippen molar-refractivity contribution in [3.63, 3.8) is 0 Å². The van der Waals surface area contributed by atoms with Gasteiger partial charge in [0.2, 0.25) is 5.91 Å². The number of benzene rings is 2. The summed E-state index contributed by atoms with van der Waals surface area (Å²) < 4.78 is 6.82. The molecule has 0 aliphatic carbocycles. The predicted molar refractivity (Wildman–Crippen MR) is 130 cm³/mol. The number of ether oxygens (including phenoxy) is 1. The third kappa shape index (κ3) is 4.56. The molecule has 0 spiro atoms. The van der Waals surface area contributed by atoms with Crippen LogP contribution in [0.1, 0.15) is 16.0 Å². The summed E-state index contributed by atoms with van der Waals surface area (Å²) in [6, 6.07) is 17.0. The molecule has 2 aromatic carbocycles. The summed E-state index contributed by atoms with van der Waals surface area (Å²) in [6.07, 6.45) is 0. The van der Waals surface area contributed by atoms with E-state index >= 15 is 0 Å². The number of rotatable bonds is 7. The van der Waals surface area contributed by atoms with Crippen molar-refractivity contribution in [2.75, 3.05) is 12.9 Å². The van der Waals surface area contributed by atoms with E-state index < -0.39 is 0 Å². The van der Waals surface area contributed by atoms with Crippen LogP contribution in [0, 0.1) is 13.8 Å². The Morgan fingerprint density at radius 1 is 1.12 bits per heavy atom. The van der Waals surface area contributed by atoms with Gasteiger partial charge in [0, 0.05) is 11.4 Å². The van der Waals surface area contributed by atoms with Crippen molar-refractivity contribution in [2.45, 2.75) is 25.5 Å². The number of amides is 1. The number of hydrogen-bond donors (Lipinski definition) is 1. The summed E-state index contributed by atoms with van der Waals surface area (Å²) in [5.41, 5.74) is 2.53. The van der Waals surface area contributed by atoms with E-state index in [4.69, 9.17) is 9.72 Å². The first-order chi connectivity index (χ1) is 15.5. The number of fused-ring (bicyclic) bond motifs is 1. The molecular weight excluding hydrogens is 442 g/mol. The van der Waals surface area contributed by atoms with E-state index in [1.807, 2.05) is 56.3 Å². The number of thioether (sulfide) groups is 1. The van der Waals surface area contributed by atoms with Crippen molar-refractivity contribution in [1.82, 2.24) is 14.9 Å². The molecule has 0 radical (unpaired) electrons. The smallest absolute Gasteiger partial charge is 0.267 e. The third-order valence-electron chi connectivity index (χ3n) is 5.17. The zero-order valence-corrected chi connectivity index (χ0v) is 19.7. The van der Waals surface area contributed by atoms with Gasteiger partial charge in [0.1, 0.15) is 10.6 Å².